The van der Waals surface area contributed by atoms with Gasteiger partial charge in [0, 0.05) is 23.4 Å². The quantitative estimate of drug-likeness (QED) is 0.903. The van der Waals surface area contributed by atoms with Crippen molar-refractivity contribution in [3.8, 4) is 11.4 Å². The van der Waals surface area contributed by atoms with E-state index >= 15 is 0 Å². The zero-order valence-corrected chi connectivity index (χ0v) is 10.4. The summed E-state index contributed by atoms with van der Waals surface area (Å²) >= 11 is 1.38. The van der Waals surface area contributed by atoms with Crippen molar-refractivity contribution in [1.82, 2.24) is 14.3 Å². The zero-order valence-electron chi connectivity index (χ0n) is 9.63. The Bertz CT molecular complexity index is 531. The maximum absolute atomic E-state index is 5.79. The van der Waals surface area contributed by atoms with Crippen LogP contribution in [0.3, 0.4) is 0 Å². The third-order valence-electron chi connectivity index (χ3n) is 2.87. The number of aromatic nitrogens is 3. The highest BCUT2D eigenvalue weighted by Crippen LogP contribution is 2.39. The van der Waals surface area contributed by atoms with Gasteiger partial charge in [0.15, 0.2) is 5.82 Å². The molecule has 3 rings (SSSR count). The van der Waals surface area contributed by atoms with Crippen molar-refractivity contribution in [3.63, 3.8) is 0 Å². The second kappa shape index (κ2) is 4.16. The van der Waals surface area contributed by atoms with Crippen molar-refractivity contribution in [2.75, 3.05) is 0 Å². The first-order valence-electron chi connectivity index (χ1n) is 5.79. The fraction of sp³-hybridized carbons (Fsp3) is 0.417. The molecule has 0 amide bonds. The fourth-order valence-electron chi connectivity index (χ4n) is 1.73. The van der Waals surface area contributed by atoms with E-state index < -0.39 is 0 Å². The van der Waals surface area contributed by atoms with Crippen LogP contribution in [0.15, 0.2) is 18.3 Å². The van der Waals surface area contributed by atoms with Gasteiger partial charge in [0.2, 0.25) is 0 Å². The Morgan fingerprint density at radius 2 is 2.29 bits per heavy atom. The molecular formula is C12H14N4S. The summed E-state index contributed by atoms with van der Waals surface area (Å²) in [5, 5.41) is 0.879. The lowest BCUT2D eigenvalue weighted by molar-refractivity contribution is 0.807. The minimum absolute atomic E-state index is 0.0500. The molecule has 0 spiro atoms. The molecule has 5 heteroatoms. The van der Waals surface area contributed by atoms with Crippen LogP contribution in [0.25, 0.3) is 11.4 Å². The number of hydrogen-bond acceptors (Lipinski definition) is 5. The van der Waals surface area contributed by atoms with E-state index in [-0.39, 0.29) is 6.04 Å². The molecule has 0 bridgehead atoms. The molecule has 2 aromatic heterocycles. The van der Waals surface area contributed by atoms with Crippen LogP contribution in [0.2, 0.25) is 0 Å². The standard InChI is InChI=1S/C12H14N4S/c1-7(13)12-15-11(16-17-12)9-4-5-14-10(6-9)8-2-3-8/h4-8H,2-3,13H2,1H3/t7-/m1/s1. The van der Waals surface area contributed by atoms with E-state index in [0.29, 0.717) is 5.92 Å². The lowest BCUT2D eigenvalue weighted by Gasteiger charge is -2.00. The lowest BCUT2D eigenvalue weighted by Crippen LogP contribution is -2.03. The molecule has 2 aromatic rings. The van der Waals surface area contributed by atoms with Gasteiger partial charge in [-0.05, 0) is 43.4 Å². The van der Waals surface area contributed by atoms with Crippen molar-refractivity contribution < 1.29 is 0 Å². The normalized spacial score (nSPS) is 17.1. The molecule has 2 heterocycles. The van der Waals surface area contributed by atoms with E-state index in [1.54, 1.807) is 0 Å². The molecule has 1 atom stereocenters. The van der Waals surface area contributed by atoms with Crippen molar-refractivity contribution >= 4 is 11.5 Å². The molecule has 0 unspecified atom stereocenters. The lowest BCUT2D eigenvalue weighted by atomic mass is 10.2. The van der Waals surface area contributed by atoms with Gasteiger partial charge in [-0.3, -0.25) is 4.98 Å². The second-order valence-electron chi connectivity index (χ2n) is 4.49. The third-order valence-corrected chi connectivity index (χ3v) is 3.78. The van der Waals surface area contributed by atoms with Crippen LogP contribution in [0.5, 0.6) is 0 Å². The first-order valence-corrected chi connectivity index (χ1v) is 6.57. The van der Waals surface area contributed by atoms with Crippen LogP contribution in [0.1, 0.15) is 42.4 Å². The van der Waals surface area contributed by atoms with Crippen molar-refractivity contribution in [3.05, 3.63) is 29.0 Å². The smallest absolute Gasteiger partial charge is 0.173 e. The summed E-state index contributed by atoms with van der Waals surface area (Å²) in [5.41, 5.74) is 8.00. The van der Waals surface area contributed by atoms with Gasteiger partial charge in [-0.1, -0.05) is 0 Å². The molecule has 0 aliphatic heterocycles. The SMILES string of the molecule is C[C@@H](N)c1nc(-c2ccnc(C3CC3)c2)ns1. The molecule has 4 nitrogen and oxygen atoms in total. The van der Waals surface area contributed by atoms with Gasteiger partial charge >= 0.3 is 0 Å². The number of pyridine rings is 1. The third kappa shape index (κ3) is 2.21. The Labute approximate surface area is 104 Å². The van der Waals surface area contributed by atoms with Gasteiger partial charge < -0.3 is 5.73 Å². The summed E-state index contributed by atoms with van der Waals surface area (Å²) in [7, 11) is 0. The monoisotopic (exact) mass is 246 g/mol. The predicted octanol–water partition coefficient (Wildman–Crippen LogP) is 2.50. The molecule has 0 aromatic carbocycles. The maximum atomic E-state index is 5.79. The fourth-order valence-corrected chi connectivity index (χ4v) is 2.35. The van der Waals surface area contributed by atoms with Crippen LogP contribution in [-0.4, -0.2) is 14.3 Å². The summed E-state index contributed by atoms with van der Waals surface area (Å²) in [6, 6.07) is 4.01. The van der Waals surface area contributed by atoms with Gasteiger partial charge in [0.25, 0.3) is 0 Å². The minimum atomic E-state index is -0.0500. The Balaban J connectivity index is 1.93. The van der Waals surface area contributed by atoms with Gasteiger partial charge in [-0.2, -0.15) is 4.37 Å². The van der Waals surface area contributed by atoms with Gasteiger partial charge in [-0.15, -0.1) is 0 Å². The summed E-state index contributed by atoms with van der Waals surface area (Å²) < 4.78 is 4.35. The molecule has 1 aliphatic rings. The van der Waals surface area contributed by atoms with Gasteiger partial charge in [-0.25, -0.2) is 4.98 Å². The first kappa shape index (κ1) is 10.8. The highest BCUT2D eigenvalue weighted by molar-refractivity contribution is 7.05. The summed E-state index contributed by atoms with van der Waals surface area (Å²) in [5.74, 6) is 1.42. The van der Waals surface area contributed by atoms with E-state index in [2.05, 4.69) is 20.4 Å². The van der Waals surface area contributed by atoms with E-state index in [4.69, 9.17) is 5.73 Å². The highest BCUT2D eigenvalue weighted by atomic mass is 32.1. The molecule has 17 heavy (non-hydrogen) atoms. The molecule has 0 radical (unpaired) electrons. The van der Waals surface area contributed by atoms with Crippen LogP contribution in [0, 0.1) is 0 Å². The molecular weight excluding hydrogens is 232 g/mol. The number of nitrogens with zero attached hydrogens (tertiary/aromatic N) is 3. The predicted molar refractivity (Wildman–Crippen MR) is 67.7 cm³/mol. The molecule has 88 valence electrons. The molecule has 1 fully saturated rings. The Morgan fingerprint density at radius 3 is 2.94 bits per heavy atom. The number of rotatable bonds is 3. The largest absolute Gasteiger partial charge is 0.322 e. The Morgan fingerprint density at radius 1 is 1.47 bits per heavy atom. The van der Waals surface area contributed by atoms with E-state index in [9.17, 15) is 0 Å². The summed E-state index contributed by atoms with van der Waals surface area (Å²) in [6.07, 6.45) is 4.35. The summed E-state index contributed by atoms with van der Waals surface area (Å²) in [6.45, 7) is 1.92. The van der Waals surface area contributed by atoms with Crippen LogP contribution >= 0.6 is 11.5 Å². The zero-order chi connectivity index (χ0) is 11.8. The van der Waals surface area contributed by atoms with Gasteiger partial charge in [0.1, 0.15) is 5.01 Å². The topological polar surface area (TPSA) is 64.7 Å². The molecule has 0 saturated heterocycles. The highest BCUT2D eigenvalue weighted by Gasteiger charge is 2.25. The van der Waals surface area contributed by atoms with Crippen molar-refractivity contribution in [2.24, 2.45) is 5.73 Å². The van der Waals surface area contributed by atoms with Crippen molar-refractivity contribution in [1.29, 1.82) is 0 Å². The van der Waals surface area contributed by atoms with Crippen molar-refractivity contribution in [2.45, 2.75) is 31.7 Å². The van der Waals surface area contributed by atoms with E-state index in [1.807, 2.05) is 19.2 Å². The van der Waals surface area contributed by atoms with Crippen LogP contribution in [-0.2, 0) is 0 Å². The molecule has 1 aliphatic carbocycles. The van der Waals surface area contributed by atoms with E-state index in [0.717, 1.165) is 16.4 Å². The molecule has 1 saturated carbocycles. The number of hydrogen-bond donors (Lipinski definition) is 1. The second-order valence-corrected chi connectivity index (χ2v) is 5.27. The van der Waals surface area contributed by atoms with Crippen LogP contribution < -0.4 is 5.73 Å². The Kier molecular flexibility index (Phi) is 2.64. The summed E-state index contributed by atoms with van der Waals surface area (Å²) in [4.78, 5) is 8.85. The average molecular weight is 246 g/mol. The Hall–Kier alpha value is -1.33. The number of nitrogens with two attached hydrogens (primary N) is 1. The first-order chi connectivity index (χ1) is 8.24. The minimum Gasteiger partial charge on any atom is -0.322 e. The van der Waals surface area contributed by atoms with Gasteiger partial charge in [0.05, 0.1) is 6.04 Å². The molecule has 2 N–H and O–H groups in total. The van der Waals surface area contributed by atoms with Crippen LogP contribution in [0.4, 0.5) is 0 Å². The average Bonchev–Trinajstić information content (AvgIpc) is 3.06. The maximum Gasteiger partial charge on any atom is 0.173 e. The van der Waals surface area contributed by atoms with E-state index in [1.165, 1.54) is 30.1 Å².